The largest absolute Gasteiger partial charge is 0.336 e. The van der Waals surface area contributed by atoms with Gasteiger partial charge in [0, 0.05) is 14.9 Å². The zero-order valence-corrected chi connectivity index (χ0v) is 7.06. The first-order chi connectivity index (χ1) is 4.52. The number of nitrogens with one attached hydrogen (secondary N) is 2. The van der Waals surface area contributed by atoms with Gasteiger partial charge >= 0.3 is 6.03 Å². The van der Waals surface area contributed by atoms with Gasteiger partial charge in [-0.2, -0.15) is 0 Å². The van der Waals surface area contributed by atoms with Crippen molar-refractivity contribution in [2.45, 2.75) is 39.8 Å². The minimum atomic E-state index is -0.0926. The van der Waals surface area contributed by atoms with Crippen molar-refractivity contribution < 1.29 is 7.65 Å². The average molecular weight is 148 g/mol. The van der Waals surface area contributed by atoms with Crippen LogP contribution in [0.3, 0.4) is 0 Å². The average Bonchev–Trinajstić information content (AvgIpc) is 1.58. The summed E-state index contributed by atoms with van der Waals surface area (Å²) in [5, 5.41) is 5.45. The number of hydrogen-bond acceptors (Lipinski definition) is 1. The molecule has 0 saturated carbocycles. The molecule has 0 rings (SSSR count). The fourth-order valence-electron chi connectivity index (χ4n) is 0.566. The summed E-state index contributed by atoms with van der Waals surface area (Å²) >= 11 is 0. The molecule has 0 fully saturated rings. The maximum absolute atomic E-state index is 10.8. The van der Waals surface area contributed by atoms with E-state index in [1.807, 2.05) is 27.7 Å². The minimum absolute atomic E-state index is 0. The summed E-state index contributed by atoms with van der Waals surface area (Å²) in [6.07, 6.45) is 0. The SMILES string of the molecule is CC(C)NC(=O)NC(C)C.[HH].[HH]. The van der Waals surface area contributed by atoms with Crippen molar-refractivity contribution in [1.82, 2.24) is 10.6 Å². The van der Waals surface area contributed by atoms with Gasteiger partial charge in [-0.15, -0.1) is 0 Å². The molecule has 2 N–H and O–H groups in total. The molecule has 0 saturated heterocycles. The van der Waals surface area contributed by atoms with E-state index in [9.17, 15) is 4.79 Å². The van der Waals surface area contributed by atoms with Crippen molar-refractivity contribution in [2.75, 3.05) is 0 Å². The number of amides is 2. The second kappa shape index (κ2) is 4.14. The highest BCUT2D eigenvalue weighted by atomic mass is 16.2. The zero-order chi connectivity index (χ0) is 8.15. The molecule has 0 aliphatic carbocycles. The Bertz CT molecular complexity index is 106. The molecule has 0 heterocycles. The summed E-state index contributed by atoms with van der Waals surface area (Å²) in [4.78, 5) is 10.8. The summed E-state index contributed by atoms with van der Waals surface area (Å²) in [5.74, 6) is 0. The van der Waals surface area contributed by atoms with Gasteiger partial charge in [0.15, 0.2) is 0 Å². The molecule has 3 nitrogen and oxygen atoms in total. The van der Waals surface area contributed by atoms with Crippen LogP contribution in [0, 0.1) is 0 Å². The summed E-state index contributed by atoms with van der Waals surface area (Å²) in [6.45, 7) is 7.72. The van der Waals surface area contributed by atoms with Crippen LogP contribution in [0.4, 0.5) is 4.79 Å². The summed E-state index contributed by atoms with van der Waals surface area (Å²) in [5.41, 5.74) is 0. The molecule has 0 aliphatic rings. The van der Waals surface area contributed by atoms with E-state index in [2.05, 4.69) is 10.6 Å². The topological polar surface area (TPSA) is 41.1 Å². The van der Waals surface area contributed by atoms with Gasteiger partial charge in [0.1, 0.15) is 0 Å². The van der Waals surface area contributed by atoms with E-state index in [1.165, 1.54) is 0 Å². The lowest BCUT2D eigenvalue weighted by molar-refractivity contribution is 0.236. The van der Waals surface area contributed by atoms with Crippen molar-refractivity contribution >= 4 is 6.03 Å². The summed E-state index contributed by atoms with van der Waals surface area (Å²) in [6, 6.07) is 0.322. The quantitative estimate of drug-likeness (QED) is 0.613. The monoisotopic (exact) mass is 148 g/mol. The maximum atomic E-state index is 10.8. The number of rotatable bonds is 2. The Morgan fingerprint density at radius 3 is 1.60 bits per heavy atom. The van der Waals surface area contributed by atoms with Gasteiger partial charge in [0.2, 0.25) is 0 Å². The lowest BCUT2D eigenvalue weighted by atomic mass is 10.4. The summed E-state index contributed by atoms with van der Waals surface area (Å²) < 4.78 is 0. The lowest BCUT2D eigenvalue weighted by Gasteiger charge is -2.11. The van der Waals surface area contributed by atoms with E-state index in [4.69, 9.17) is 0 Å². The van der Waals surface area contributed by atoms with E-state index in [0.717, 1.165) is 0 Å². The van der Waals surface area contributed by atoms with Gasteiger partial charge in [-0.25, -0.2) is 4.79 Å². The highest BCUT2D eigenvalue weighted by Crippen LogP contribution is 1.79. The molecular weight excluding hydrogens is 128 g/mol. The Morgan fingerprint density at radius 2 is 1.40 bits per heavy atom. The van der Waals surface area contributed by atoms with Gasteiger partial charge in [-0.3, -0.25) is 0 Å². The van der Waals surface area contributed by atoms with E-state index in [-0.39, 0.29) is 21.0 Å². The van der Waals surface area contributed by atoms with E-state index in [0.29, 0.717) is 0 Å². The molecule has 0 aromatic rings. The van der Waals surface area contributed by atoms with Crippen LogP contribution >= 0.6 is 0 Å². The highest BCUT2D eigenvalue weighted by molar-refractivity contribution is 5.74. The Morgan fingerprint density at radius 1 is 1.10 bits per heavy atom. The molecule has 2 amide bonds. The molecule has 0 atom stereocenters. The van der Waals surface area contributed by atoms with Crippen LogP contribution in [0.2, 0.25) is 0 Å². The smallest absolute Gasteiger partial charge is 0.315 e. The Labute approximate surface area is 65.2 Å². The van der Waals surface area contributed by atoms with Crippen molar-refractivity contribution in [3.05, 3.63) is 0 Å². The molecule has 0 aliphatic heterocycles. The normalized spacial score (nSPS) is 10.2. The molecule has 0 aromatic carbocycles. The molecule has 0 radical (unpaired) electrons. The first kappa shape index (κ1) is 9.27. The fraction of sp³-hybridized carbons (Fsp3) is 0.857. The molecule has 0 unspecified atom stereocenters. The van der Waals surface area contributed by atoms with E-state index in [1.54, 1.807) is 0 Å². The Balaban J connectivity index is -0.000000405. The third-order valence-electron chi connectivity index (χ3n) is 0.840. The third kappa shape index (κ3) is 5.41. The molecule has 64 valence electrons. The Hall–Kier alpha value is -0.730. The van der Waals surface area contributed by atoms with Crippen molar-refractivity contribution in [3.8, 4) is 0 Å². The maximum Gasteiger partial charge on any atom is 0.315 e. The van der Waals surface area contributed by atoms with Crippen LogP contribution in [0.1, 0.15) is 30.5 Å². The second-order valence-corrected chi connectivity index (χ2v) is 2.93. The predicted molar refractivity (Wildman–Crippen MR) is 46.2 cm³/mol. The van der Waals surface area contributed by atoms with Gasteiger partial charge in [0.25, 0.3) is 0 Å². The molecule has 0 bridgehead atoms. The van der Waals surface area contributed by atoms with Crippen LogP contribution < -0.4 is 10.6 Å². The second-order valence-electron chi connectivity index (χ2n) is 2.93. The number of carbonyl (C=O) groups is 1. The number of urea groups is 1. The minimum Gasteiger partial charge on any atom is -0.336 e. The zero-order valence-electron chi connectivity index (χ0n) is 7.06. The molecule has 0 spiro atoms. The standard InChI is InChI=1S/C7H16N2O.2H2/c1-5(2)8-7(10)9-6(3)4;;/h5-6H,1-4H3,(H2,8,9,10);2*1H. The fourth-order valence-corrected chi connectivity index (χ4v) is 0.566. The highest BCUT2D eigenvalue weighted by Gasteiger charge is 2.02. The van der Waals surface area contributed by atoms with Crippen LogP contribution in [0.25, 0.3) is 0 Å². The first-order valence-electron chi connectivity index (χ1n) is 3.59. The predicted octanol–water partition coefficient (Wildman–Crippen LogP) is 1.59. The van der Waals surface area contributed by atoms with E-state index < -0.39 is 0 Å². The van der Waals surface area contributed by atoms with Crippen molar-refractivity contribution in [3.63, 3.8) is 0 Å². The van der Waals surface area contributed by atoms with Crippen LogP contribution in [0.15, 0.2) is 0 Å². The summed E-state index contributed by atoms with van der Waals surface area (Å²) in [7, 11) is 0. The van der Waals surface area contributed by atoms with Crippen LogP contribution in [0.5, 0.6) is 0 Å². The molecule has 3 heteroatoms. The van der Waals surface area contributed by atoms with Gasteiger partial charge < -0.3 is 10.6 Å². The Kier molecular flexibility index (Phi) is 3.84. The van der Waals surface area contributed by atoms with Gasteiger partial charge in [-0.1, -0.05) is 0 Å². The molecular formula is C7H20N2O. The number of hydrogen-bond donors (Lipinski definition) is 2. The van der Waals surface area contributed by atoms with Crippen LogP contribution in [-0.4, -0.2) is 18.1 Å². The first-order valence-corrected chi connectivity index (χ1v) is 3.59. The van der Waals surface area contributed by atoms with Crippen LogP contribution in [-0.2, 0) is 0 Å². The molecule has 0 aromatic heterocycles. The lowest BCUT2D eigenvalue weighted by Crippen LogP contribution is -2.42. The molecule has 10 heavy (non-hydrogen) atoms. The number of carbonyl (C=O) groups excluding carboxylic acids is 1. The van der Waals surface area contributed by atoms with Crippen molar-refractivity contribution in [1.29, 1.82) is 0 Å². The third-order valence-corrected chi connectivity index (χ3v) is 0.840. The van der Waals surface area contributed by atoms with E-state index >= 15 is 0 Å². The van der Waals surface area contributed by atoms with Gasteiger partial charge in [-0.05, 0) is 27.7 Å². The van der Waals surface area contributed by atoms with Gasteiger partial charge in [0.05, 0.1) is 0 Å². The van der Waals surface area contributed by atoms with Crippen molar-refractivity contribution in [2.24, 2.45) is 0 Å².